The van der Waals surface area contributed by atoms with Crippen molar-refractivity contribution in [2.45, 2.75) is 168 Å². The van der Waals surface area contributed by atoms with E-state index in [2.05, 4.69) is 13.8 Å². The maximum absolute atomic E-state index is 12.2. The molecule has 5 heteroatoms. The molecular weight excluding hydrogens is 426 g/mol. The van der Waals surface area contributed by atoms with Gasteiger partial charge >= 0.3 is 0 Å². The predicted octanol–water partition coefficient (Wildman–Crippen LogP) is 6.41. The number of rotatable bonds is 25. The van der Waals surface area contributed by atoms with Gasteiger partial charge in [-0.25, -0.2) is 0 Å². The normalized spacial score (nSPS) is 15.4. The van der Waals surface area contributed by atoms with Gasteiger partial charge in [-0.1, -0.05) is 117 Å². The summed E-state index contributed by atoms with van der Waals surface area (Å²) < 4.78 is 0. The average Bonchev–Trinajstić information content (AvgIpc) is 2.76. The van der Waals surface area contributed by atoms with Crippen LogP contribution in [0.2, 0.25) is 0 Å². The molecule has 5 nitrogen and oxygen atoms in total. The van der Waals surface area contributed by atoms with E-state index >= 15 is 0 Å². The monoisotopic (exact) mass is 485 g/mol. The van der Waals surface area contributed by atoms with Gasteiger partial charge in [0.2, 0.25) is 0 Å². The third-order valence-electron chi connectivity index (χ3n) is 6.94. The number of aliphatic hydroxyl groups is 3. The van der Waals surface area contributed by atoms with Gasteiger partial charge in [0.05, 0.1) is 24.4 Å². The molecule has 0 saturated carbocycles. The van der Waals surface area contributed by atoms with Gasteiger partial charge in [0, 0.05) is 13.1 Å². The van der Waals surface area contributed by atoms with E-state index in [0.717, 1.165) is 25.7 Å². The molecule has 0 aromatic heterocycles. The van der Waals surface area contributed by atoms with E-state index in [1.807, 2.05) is 4.90 Å². The van der Waals surface area contributed by atoms with Crippen molar-refractivity contribution in [3.63, 3.8) is 0 Å². The lowest BCUT2D eigenvalue weighted by atomic mass is 10.0. The highest BCUT2D eigenvalue weighted by Crippen LogP contribution is 2.16. The summed E-state index contributed by atoms with van der Waals surface area (Å²) in [5, 5.41) is 31.5. The van der Waals surface area contributed by atoms with Crippen LogP contribution in [0.3, 0.4) is 0 Å². The molecule has 0 aromatic carbocycles. The SMILES string of the molecule is CCCCCCCCCCC(O)CN(CC(O)CCCCCCCCCC)C(C(C)=O)C(C)O. The summed E-state index contributed by atoms with van der Waals surface area (Å²) in [5.41, 5.74) is 0. The zero-order valence-electron chi connectivity index (χ0n) is 23.1. The smallest absolute Gasteiger partial charge is 0.149 e. The first-order chi connectivity index (χ1) is 16.3. The number of aliphatic hydroxyl groups excluding tert-OH is 3. The Morgan fingerprint density at radius 3 is 1.24 bits per heavy atom. The number of nitrogens with zero attached hydrogens (tertiary/aromatic N) is 1. The zero-order chi connectivity index (χ0) is 25.6. The second-order valence-corrected chi connectivity index (χ2v) is 10.6. The van der Waals surface area contributed by atoms with E-state index in [1.165, 1.54) is 84.0 Å². The largest absolute Gasteiger partial charge is 0.392 e. The van der Waals surface area contributed by atoms with Crippen molar-refractivity contribution in [2.75, 3.05) is 13.1 Å². The molecule has 0 amide bonds. The molecule has 0 saturated heterocycles. The van der Waals surface area contributed by atoms with Crippen LogP contribution in [0.4, 0.5) is 0 Å². The fourth-order valence-electron chi connectivity index (χ4n) is 4.96. The Labute approximate surface area is 211 Å². The van der Waals surface area contributed by atoms with Gasteiger partial charge in [-0.2, -0.15) is 0 Å². The van der Waals surface area contributed by atoms with Crippen LogP contribution in [0, 0.1) is 0 Å². The molecular formula is C29H59NO4. The van der Waals surface area contributed by atoms with Crippen LogP contribution in [0.25, 0.3) is 0 Å². The van der Waals surface area contributed by atoms with Crippen molar-refractivity contribution >= 4 is 5.78 Å². The Morgan fingerprint density at radius 1 is 0.618 bits per heavy atom. The van der Waals surface area contributed by atoms with Gasteiger partial charge in [-0.05, 0) is 26.7 Å². The van der Waals surface area contributed by atoms with Crippen molar-refractivity contribution in [3.8, 4) is 0 Å². The first-order valence-electron chi connectivity index (χ1n) is 14.6. The van der Waals surface area contributed by atoms with E-state index in [9.17, 15) is 20.1 Å². The Balaban J connectivity index is 4.41. The van der Waals surface area contributed by atoms with Gasteiger partial charge in [-0.3, -0.25) is 9.69 Å². The zero-order valence-corrected chi connectivity index (χ0v) is 23.1. The number of unbranched alkanes of at least 4 members (excludes halogenated alkanes) is 14. The molecule has 3 N–H and O–H groups in total. The van der Waals surface area contributed by atoms with Gasteiger partial charge in [0.25, 0.3) is 0 Å². The van der Waals surface area contributed by atoms with Crippen LogP contribution in [-0.4, -0.2) is 63.4 Å². The number of carbonyl (C=O) groups excluding carboxylic acids is 1. The minimum Gasteiger partial charge on any atom is -0.392 e. The summed E-state index contributed by atoms with van der Waals surface area (Å²) in [6.07, 6.45) is 19.0. The summed E-state index contributed by atoms with van der Waals surface area (Å²) in [6, 6.07) is -0.679. The number of ketones is 1. The van der Waals surface area contributed by atoms with E-state index in [4.69, 9.17) is 0 Å². The molecule has 0 bridgehead atoms. The lowest BCUT2D eigenvalue weighted by Crippen LogP contribution is -2.52. The van der Waals surface area contributed by atoms with Crippen LogP contribution in [0.1, 0.15) is 143 Å². The Bertz CT molecular complexity index is 429. The lowest BCUT2D eigenvalue weighted by molar-refractivity contribution is -0.127. The van der Waals surface area contributed by atoms with E-state index in [-0.39, 0.29) is 5.78 Å². The molecule has 0 rings (SSSR count). The summed E-state index contributed by atoms with van der Waals surface area (Å²) in [7, 11) is 0. The fraction of sp³-hybridized carbons (Fsp3) is 0.966. The standard InChI is InChI=1S/C29H59NO4/c1-5-7-9-11-13-15-17-19-21-27(33)23-30(29(25(3)31)26(4)32)24-28(34)22-20-18-16-14-12-10-8-6-2/h25,27-29,31,33-34H,5-24H2,1-4H3. The average molecular weight is 486 g/mol. The van der Waals surface area contributed by atoms with Gasteiger partial charge in [0.1, 0.15) is 5.78 Å². The molecule has 4 atom stereocenters. The van der Waals surface area contributed by atoms with E-state index in [0.29, 0.717) is 25.9 Å². The number of hydrogen-bond donors (Lipinski definition) is 3. The Hall–Kier alpha value is -0.490. The highest BCUT2D eigenvalue weighted by molar-refractivity contribution is 5.82. The molecule has 4 unspecified atom stereocenters. The van der Waals surface area contributed by atoms with Crippen LogP contribution < -0.4 is 0 Å². The minimum absolute atomic E-state index is 0.117. The van der Waals surface area contributed by atoms with Crippen molar-refractivity contribution in [1.29, 1.82) is 0 Å². The first kappa shape index (κ1) is 33.5. The van der Waals surface area contributed by atoms with Crippen molar-refractivity contribution in [3.05, 3.63) is 0 Å². The molecule has 0 aromatic rings. The molecule has 0 fully saturated rings. The van der Waals surface area contributed by atoms with Gasteiger partial charge < -0.3 is 15.3 Å². The van der Waals surface area contributed by atoms with Crippen molar-refractivity contribution < 1.29 is 20.1 Å². The molecule has 204 valence electrons. The second kappa shape index (κ2) is 22.9. The molecule has 0 radical (unpaired) electrons. The van der Waals surface area contributed by atoms with E-state index < -0.39 is 24.4 Å². The summed E-state index contributed by atoms with van der Waals surface area (Å²) in [6.45, 7) is 8.21. The van der Waals surface area contributed by atoms with Gasteiger partial charge in [0.15, 0.2) is 0 Å². The predicted molar refractivity (Wildman–Crippen MR) is 144 cm³/mol. The molecule has 0 heterocycles. The van der Waals surface area contributed by atoms with Crippen LogP contribution >= 0.6 is 0 Å². The maximum atomic E-state index is 12.2. The third-order valence-corrected chi connectivity index (χ3v) is 6.94. The van der Waals surface area contributed by atoms with Crippen molar-refractivity contribution in [1.82, 2.24) is 4.90 Å². The van der Waals surface area contributed by atoms with Crippen molar-refractivity contribution in [2.24, 2.45) is 0 Å². The quantitative estimate of drug-likeness (QED) is 0.130. The molecule has 0 spiro atoms. The lowest BCUT2D eigenvalue weighted by Gasteiger charge is -2.34. The second-order valence-electron chi connectivity index (χ2n) is 10.6. The van der Waals surface area contributed by atoms with Crippen LogP contribution in [-0.2, 0) is 4.79 Å². The summed E-state index contributed by atoms with van der Waals surface area (Å²) in [4.78, 5) is 14.1. The van der Waals surface area contributed by atoms with Gasteiger partial charge in [-0.15, -0.1) is 0 Å². The van der Waals surface area contributed by atoms with Crippen LogP contribution in [0.5, 0.6) is 0 Å². The number of carbonyl (C=O) groups is 1. The molecule has 34 heavy (non-hydrogen) atoms. The fourth-order valence-corrected chi connectivity index (χ4v) is 4.96. The summed E-state index contributed by atoms with van der Waals surface area (Å²) >= 11 is 0. The Morgan fingerprint density at radius 2 is 0.941 bits per heavy atom. The first-order valence-corrected chi connectivity index (χ1v) is 14.6. The molecule has 0 aliphatic heterocycles. The summed E-state index contributed by atoms with van der Waals surface area (Å²) in [5.74, 6) is -0.117. The molecule has 0 aliphatic rings. The topological polar surface area (TPSA) is 81.0 Å². The maximum Gasteiger partial charge on any atom is 0.149 e. The van der Waals surface area contributed by atoms with Crippen LogP contribution in [0.15, 0.2) is 0 Å². The highest BCUT2D eigenvalue weighted by Gasteiger charge is 2.30. The molecule has 0 aliphatic carbocycles. The number of Topliss-reactive ketones (excluding diaryl/α,β-unsaturated/α-hetero) is 1. The number of hydrogen-bond acceptors (Lipinski definition) is 5. The Kier molecular flexibility index (Phi) is 22.6. The third kappa shape index (κ3) is 18.8. The highest BCUT2D eigenvalue weighted by atomic mass is 16.3. The minimum atomic E-state index is -0.830. The van der Waals surface area contributed by atoms with E-state index in [1.54, 1.807) is 6.92 Å².